The van der Waals surface area contributed by atoms with Crippen LogP contribution in [0.5, 0.6) is 0 Å². The van der Waals surface area contributed by atoms with Crippen LogP contribution < -0.4 is 10.2 Å². The fourth-order valence-corrected chi connectivity index (χ4v) is 4.45. The number of amides is 2. The Balaban J connectivity index is 1.43. The summed E-state index contributed by atoms with van der Waals surface area (Å²) in [6.07, 6.45) is 3.17. The lowest BCUT2D eigenvalue weighted by molar-refractivity contribution is -0.128. The molecule has 3 aliphatic heterocycles. The van der Waals surface area contributed by atoms with Gasteiger partial charge in [0.1, 0.15) is 17.2 Å². The van der Waals surface area contributed by atoms with Crippen molar-refractivity contribution in [1.82, 2.24) is 5.16 Å². The molecule has 2 fully saturated rings. The molecule has 4 heterocycles. The van der Waals surface area contributed by atoms with Crippen LogP contribution in [-0.2, 0) is 14.3 Å². The maximum Gasteiger partial charge on any atom is 0.235 e. The molecule has 5 rings (SSSR count). The van der Waals surface area contributed by atoms with Crippen molar-refractivity contribution in [2.45, 2.75) is 18.6 Å². The Morgan fingerprint density at radius 2 is 2.25 bits per heavy atom. The number of nitrogens with zero attached hydrogens (tertiary/aromatic N) is 2. The molecule has 144 valence electrons. The van der Waals surface area contributed by atoms with E-state index in [9.17, 15) is 14.0 Å². The molecule has 2 saturated heterocycles. The number of halogens is 2. The van der Waals surface area contributed by atoms with Gasteiger partial charge in [-0.05, 0) is 25.1 Å². The van der Waals surface area contributed by atoms with Gasteiger partial charge in [0.25, 0.3) is 0 Å². The van der Waals surface area contributed by atoms with Crippen LogP contribution in [0.4, 0.5) is 15.9 Å². The van der Waals surface area contributed by atoms with Crippen molar-refractivity contribution in [2.75, 3.05) is 16.8 Å². The zero-order valence-corrected chi connectivity index (χ0v) is 15.4. The summed E-state index contributed by atoms with van der Waals surface area (Å²) in [6, 6.07) is 5.59. The number of ether oxygens (including phenoxy) is 1. The molecule has 2 aromatic rings. The van der Waals surface area contributed by atoms with Gasteiger partial charge in [0, 0.05) is 11.8 Å². The van der Waals surface area contributed by atoms with Gasteiger partial charge in [-0.25, -0.2) is 4.39 Å². The summed E-state index contributed by atoms with van der Waals surface area (Å²) >= 11 is 5.78. The van der Waals surface area contributed by atoms with Gasteiger partial charge < -0.3 is 14.6 Å². The maximum absolute atomic E-state index is 13.4. The Hall–Kier alpha value is -2.71. The fraction of sp³-hybridized carbons (Fsp3) is 0.316. The number of carbonyl (C=O) groups excluding carboxylic acids is 2. The quantitative estimate of drug-likeness (QED) is 0.796. The van der Waals surface area contributed by atoms with Crippen LogP contribution in [0.15, 0.2) is 40.9 Å². The first-order valence-electron chi connectivity index (χ1n) is 8.76. The van der Waals surface area contributed by atoms with Crippen molar-refractivity contribution in [1.29, 1.82) is 0 Å². The van der Waals surface area contributed by atoms with Crippen molar-refractivity contribution in [2.24, 2.45) is 11.8 Å². The molecule has 0 saturated carbocycles. The number of hydrogen-bond acceptors (Lipinski definition) is 5. The lowest BCUT2D eigenvalue weighted by atomic mass is 9.77. The van der Waals surface area contributed by atoms with E-state index in [1.807, 2.05) is 12.2 Å². The highest BCUT2D eigenvalue weighted by Crippen LogP contribution is 2.52. The van der Waals surface area contributed by atoms with E-state index in [1.165, 1.54) is 23.1 Å². The number of benzene rings is 1. The minimum atomic E-state index is -0.864. The van der Waals surface area contributed by atoms with Crippen LogP contribution in [0.3, 0.4) is 0 Å². The van der Waals surface area contributed by atoms with Crippen LogP contribution in [0, 0.1) is 24.6 Å². The first-order chi connectivity index (χ1) is 13.4. The average Bonchev–Trinajstić information content (AvgIpc) is 3.39. The molecule has 0 radical (unpaired) electrons. The highest BCUT2D eigenvalue weighted by molar-refractivity contribution is 6.31. The van der Waals surface area contributed by atoms with Crippen molar-refractivity contribution >= 4 is 34.9 Å². The molecule has 4 atom stereocenters. The van der Waals surface area contributed by atoms with Gasteiger partial charge in [-0.1, -0.05) is 28.9 Å². The van der Waals surface area contributed by atoms with E-state index in [1.54, 1.807) is 13.0 Å². The van der Waals surface area contributed by atoms with Crippen LogP contribution in [-0.4, -0.2) is 35.2 Å². The Labute approximate surface area is 164 Å². The van der Waals surface area contributed by atoms with Crippen molar-refractivity contribution < 1.29 is 23.2 Å². The molecular formula is C19H15ClFN3O4. The predicted octanol–water partition coefficient (Wildman–Crippen LogP) is 2.70. The number of fused-ring (bicyclic) bond motifs is 1. The van der Waals surface area contributed by atoms with E-state index in [0.29, 0.717) is 17.3 Å². The summed E-state index contributed by atoms with van der Waals surface area (Å²) in [7, 11) is 0. The average molecular weight is 404 g/mol. The second-order valence-corrected chi connectivity index (χ2v) is 7.65. The first-order valence-corrected chi connectivity index (χ1v) is 9.13. The molecule has 9 heteroatoms. The molecule has 1 spiro atoms. The van der Waals surface area contributed by atoms with Gasteiger partial charge in [-0.15, -0.1) is 0 Å². The molecule has 28 heavy (non-hydrogen) atoms. The van der Waals surface area contributed by atoms with Gasteiger partial charge in [0.2, 0.25) is 11.8 Å². The lowest BCUT2D eigenvalue weighted by Gasteiger charge is -2.23. The second-order valence-electron chi connectivity index (χ2n) is 7.24. The topological polar surface area (TPSA) is 84.7 Å². The van der Waals surface area contributed by atoms with E-state index in [-0.39, 0.29) is 23.4 Å². The SMILES string of the molecule is Cc1cc(N2CC34C=C[C@@H](O3)C(C(=O)Nc3ccc(F)c(Cl)c3)C4C2=O)no1. The Bertz CT molecular complexity index is 1040. The number of carbonyl (C=O) groups is 2. The van der Waals surface area contributed by atoms with E-state index in [4.69, 9.17) is 20.9 Å². The summed E-state index contributed by atoms with van der Waals surface area (Å²) in [5.41, 5.74) is -0.511. The number of anilines is 2. The molecule has 1 aromatic heterocycles. The highest BCUT2D eigenvalue weighted by Gasteiger charge is 2.67. The summed E-state index contributed by atoms with van der Waals surface area (Å²) in [6.45, 7) is 2.00. The van der Waals surface area contributed by atoms with Gasteiger partial charge >= 0.3 is 0 Å². The molecule has 2 amide bonds. The molecule has 3 aliphatic rings. The molecule has 1 aromatic carbocycles. The van der Waals surface area contributed by atoms with E-state index >= 15 is 0 Å². The third-order valence-corrected chi connectivity index (χ3v) is 5.77. The monoisotopic (exact) mass is 403 g/mol. The van der Waals surface area contributed by atoms with E-state index in [2.05, 4.69) is 10.5 Å². The third-order valence-electron chi connectivity index (χ3n) is 5.48. The van der Waals surface area contributed by atoms with Crippen LogP contribution >= 0.6 is 11.6 Å². The molecule has 1 N–H and O–H groups in total. The van der Waals surface area contributed by atoms with E-state index < -0.39 is 29.4 Å². The second kappa shape index (κ2) is 5.89. The molecule has 2 bridgehead atoms. The number of nitrogens with one attached hydrogen (secondary N) is 1. The smallest absolute Gasteiger partial charge is 0.235 e. The van der Waals surface area contributed by atoms with Gasteiger partial charge in [0.05, 0.1) is 29.5 Å². The number of aromatic nitrogens is 1. The molecule has 3 unspecified atom stereocenters. The largest absolute Gasteiger partial charge is 0.360 e. The van der Waals surface area contributed by atoms with Gasteiger partial charge in [0.15, 0.2) is 5.82 Å². The Kier molecular flexibility index (Phi) is 3.66. The summed E-state index contributed by atoms with van der Waals surface area (Å²) < 4.78 is 24.5. The summed E-state index contributed by atoms with van der Waals surface area (Å²) in [4.78, 5) is 27.6. The van der Waals surface area contributed by atoms with Gasteiger partial charge in [-0.3, -0.25) is 14.5 Å². The van der Waals surface area contributed by atoms with E-state index in [0.717, 1.165) is 0 Å². The lowest BCUT2D eigenvalue weighted by Crippen LogP contribution is -2.41. The number of hydrogen-bond donors (Lipinski definition) is 1. The normalized spacial score (nSPS) is 30.2. The Morgan fingerprint density at radius 1 is 1.43 bits per heavy atom. The summed E-state index contributed by atoms with van der Waals surface area (Å²) in [5, 5.41) is 6.53. The van der Waals surface area contributed by atoms with Crippen molar-refractivity contribution in [3.8, 4) is 0 Å². The zero-order valence-electron chi connectivity index (χ0n) is 14.7. The number of aryl methyl sites for hydroxylation is 1. The van der Waals surface area contributed by atoms with Crippen molar-refractivity contribution in [3.05, 3.63) is 53.0 Å². The molecule has 0 aliphatic carbocycles. The van der Waals surface area contributed by atoms with Crippen LogP contribution in [0.1, 0.15) is 5.76 Å². The van der Waals surface area contributed by atoms with Crippen molar-refractivity contribution in [3.63, 3.8) is 0 Å². The predicted molar refractivity (Wildman–Crippen MR) is 97.4 cm³/mol. The maximum atomic E-state index is 13.4. The standard InChI is InChI=1S/C19H15ClFN3O4/c1-9-6-14(23-28-9)24-8-19-5-4-13(27-19)15(16(19)18(24)26)17(25)22-10-2-3-12(21)11(20)7-10/h2-7,13,15-16H,8H2,1H3,(H,22,25)/t13-,15?,16?,19?/m1/s1. The Morgan fingerprint density at radius 3 is 2.96 bits per heavy atom. The van der Waals surface area contributed by atoms with Crippen LogP contribution in [0.2, 0.25) is 5.02 Å². The highest BCUT2D eigenvalue weighted by atomic mass is 35.5. The summed E-state index contributed by atoms with van der Waals surface area (Å²) in [5.74, 6) is -1.59. The first kappa shape index (κ1) is 17.4. The fourth-order valence-electron chi connectivity index (χ4n) is 4.27. The third kappa shape index (κ3) is 2.41. The zero-order chi connectivity index (χ0) is 19.6. The molecule has 7 nitrogen and oxygen atoms in total. The molecular weight excluding hydrogens is 389 g/mol. The van der Waals surface area contributed by atoms with Crippen LogP contribution in [0.25, 0.3) is 0 Å². The minimum Gasteiger partial charge on any atom is -0.360 e. The van der Waals surface area contributed by atoms with Gasteiger partial charge in [-0.2, -0.15) is 0 Å². The minimum absolute atomic E-state index is 0.0946. The number of rotatable bonds is 3.